The van der Waals surface area contributed by atoms with Crippen LogP contribution in [0.25, 0.3) is 0 Å². The van der Waals surface area contributed by atoms with Gasteiger partial charge in [-0.05, 0) is 25.0 Å². The van der Waals surface area contributed by atoms with E-state index in [9.17, 15) is 0 Å². The molecule has 0 bridgehead atoms. The largest absolute Gasteiger partial charge is 0.490 e. The predicted molar refractivity (Wildman–Crippen MR) is 137 cm³/mol. The first-order chi connectivity index (χ1) is 16.3. The quantitative estimate of drug-likeness (QED) is 0.171. The van der Waals surface area contributed by atoms with Crippen molar-refractivity contribution < 1.29 is 18.9 Å². The maximum atomic E-state index is 6.18. The fourth-order valence-electron chi connectivity index (χ4n) is 4.29. The molecule has 33 heavy (non-hydrogen) atoms. The van der Waals surface area contributed by atoms with Crippen LogP contribution >= 0.6 is 0 Å². The van der Waals surface area contributed by atoms with E-state index in [0.29, 0.717) is 13.2 Å². The molecule has 0 amide bonds. The van der Waals surface area contributed by atoms with E-state index in [2.05, 4.69) is 13.8 Å². The molecule has 1 aromatic rings. The highest BCUT2D eigenvalue weighted by Crippen LogP contribution is 2.33. The van der Waals surface area contributed by atoms with Gasteiger partial charge in [0.25, 0.3) is 0 Å². The summed E-state index contributed by atoms with van der Waals surface area (Å²) in [5.74, 6) is 1.67. The van der Waals surface area contributed by atoms with Crippen molar-refractivity contribution in [2.24, 2.45) is 0 Å². The van der Waals surface area contributed by atoms with Gasteiger partial charge in [-0.25, -0.2) is 0 Å². The van der Waals surface area contributed by atoms with Crippen molar-refractivity contribution >= 4 is 0 Å². The maximum absolute atomic E-state index is 6.18. The van der Waals surface area contributed by atoms with Gasteiger partial charge in [0.1, 0.15) is 0 Å². The molecule has 1 saturated heterocycles. The summed E-state index contributed by atoms with van der Waals surface area (Å²) in [6, 6.07) is 6.11. The van der Waals surface area contributed by atoms with Crippen LogP contribution in [0.5, 0.6) is 11.5 Å². The molecule has 0 saturated carbocycles. The molecule has 0 radical (unpaired) electrons. The summed E-state index contributed by atoms with van der Waals surface area (Å²) in [6.45, 7) is 7.32. The Morgan fingerprint density at radius 1 is 0.606 bits per heavy atom. The highest BCUT2D eigenvalue weighted by atomic mass is 16.7. The van der Waals surface area contributed by atoms with Crippen LogP contribution in [0.2, 0.25) is 0 Å². The lowest BCUT2D eigenvalue weighted by atomic mass is 10.1. The third-order valence-corrected chi connectivity index (χ3v) is 6.37. The van der Waals surface area contributed by atoms with Crippen LogP contribution < -0.4 is 9.47 Å². The first kappa shape index (κ1) is 28.0. The zero-order chi connectivity index (χ0) is 23.4. The molecular formula is C29H50O4. The van der Waals surface area contributed by atoms with Crippen molar-refractivity contribution in [3.63, 3.8) is 0 Å². The zero-order valence-electron chi connectivity index (χ0n) is 21.6. The van der Waals surface area contributed by atoms with Gasteiger partial charge in [-0.2, -0.15) is 0 Å². The second-order valence-electron chi connectivity index (χ2n) is 9.43. The first-order valence-electron chi connectivity index (χ1n) is 14.0. The molecule has 0 N–H and O–H groups in total. The normalized spacial score (nSPS) is 14.1. The molecule has 1 aliphatic heterocycles. The smallest absolute Gasteiger partial charge is 0.184 e. The Labute approximate surface area is 203 Å². The van der Waals surface area contributed by atoms with Crippen LogP contribution in [-0.4, -0.2) is 26.4 Å². The van der Waals surface area contributed by atoms with Gasteiger partial charge >= 0.3 is 0 Å². The van der Waals surface area contributed by atoms with E-state index in [1.807, 2.05) is 18.2 Å². The Morgan fingerprint density at radius 3 is 1.58 bits per heavy atom. The monoisotopic (exact) mass is 462 g/mol. The Balaban J connectivity index is 1.70. The number of ether oxygens (including phenoxy) is 4. The number of hydrogen-bond acceptors (Lipinski definition) is 4. The van der Waals surface area contributed by atoms with E-state index in [1.165, 1.54) is 89.9 Å². The van der Waals surface area contributed by atoms with E-state index in [4.69, 9.17) is 18.9 Å². The van der Waals surface area contributed by atoms with Crippen molar-refractivity contribution in [3.05, 3.63) is 23.8 Å². The standard InChI is InChI=1S/C29H50O4/c1-3-5-7-9-11-13-15-17-21-30-27-20-19-26(29-32-23-24-33-29)25-28(27)31-22-18-16-14-12-10-8-6-4-2/h19-20,25,29H,3-18,21-24H2,1-2H3. The summed E-state index contributed by atoms with van der Waals surface area (Å²) >= 11 is 0. The molecule has 0 unspecified atom stereocenters. The van der Waals surface area contributed by atoms with Gasteiger partial charge in [0.2, 0.25) is 0 Å². The lowest BCUT2D eigenvalue weighted by molar-refractivity contribution is -0.0442. The van der Waals surface area contributed by atoms with E-state index in [0.717, 1.165) is 43.1 Å². The Kier molecular flexibility index (Phi) is 16.2. The van der Waals surface area contributed by atoms with Crippen LogP contribution in [0, 0.1) is 0 Å². The molecule has 4 nitrogen and oxygen atoms in total. The molecule has 1 heterocycles. The fraction of sp³-hybridized carbons (Fsp3) is 0.793. The predicted octanol–water partition coefficient (Wildman–Crippen LogP) is 8.77. The van der Waals surface area contributed by atoms with Crippen LogP contribution in [0.3, 0.4) is 0 Å². The summed E-state index contributed by atoms with van der Waals surface area (Å²) in [5, 5.41) is 0. The summed E-state index contributed by atoms with van der Waals surface area (Å²) in [6.07, 6.45) is 20.6. The third kappa shape index (κ3) is 12.7. The lowest BCUT2D eigenvalue weighted by Crippen LogP contribution is -2.05. The van der Waals surface area contributed by atoms with Crippen LogP contribution in [0.4, 0.5) is 0 Å². The fourth-order valence-corrected chi connectivity index (χ4v) is 4.29. The Hall–Kier alpha value is -1.26. The third-order valence-electron chi connectivity index (χ3n) is 6.37. The Bertz CT molecular complexity index is 583. The second-order valence-corrected chi connectivity index (χ2v) is 9.43. The average molecular weight is 463 g/mol. The van der Waals surface area contributed by atoms with Gasteiger partial charge in [0.05, 0.1) is 26.4 Å². The van der Waals surface area contributed by atoms with Crippen molar-refractivity contribution in [1.29, 1.82) is 0 Å². The maximum Gasteiger partial charge on any atom is 0.184 e. The van der Waals surface area contributed by atoms with Crippen molar-refractivity contribution in [3.8, 4) is 11.5 Å². The molecule has 0 aromatic heterocycles. The average Bonchev–Trinajstić information content (AvgIpc) is 3.37. The molecule has 1 aliphatic rings. The Morgan fingerprint density at radius 2 is 1.06 bits per heavy atom. The SMILES string of the molecule is CCCCCCCCCCOc1ccc(C2OCCO2)cc1OCCCCCCCCCC. The summed E-state index contributed by atoms with van der Waals surface area (Å²) in [7, 11) is 0. The minimum Gasteiger partial charge on any atom is -0.490 e. The van der Waals surface area contributed by atoms with Gasteiger partial charge in [0.15, 0.2) is 17.8 Å². The van der Waals surface area contributed by atoms with Crippen LogP contribution in [0.1, 0.15) is 128 Å². The molecule has 1 fully saturated rings. The van der Waals surface area contributed by atoms with E-state index in [1.54, 1.807) is 0 Å². The van der Waals surface area contributed by atoms with Gasteiger partial charge in [0, 0.05) is 5.56 Å². The summed E-state index contributed by atoms with van der Waals surface area (Å²) < 4.78 is 23.7. The van der Waals surface area contributed by atoms with E-state index >= 15 is 0 Å². The molecule has 4 heteroatoms. The van der Waals surface area contributed by atoms with Crippen molar-refractivity contribution in [2.75, 3.05) is 26.4 Å². The number of rotatable bonds is 21. The highest BCUT2D eigenvalue weighted by molar-refractivity contribution is 5.43. The molecule has 0 aliphatic carbocycles. The van der Waals surface area contributed by atoms with Crippen LogP contribution in [-0.2, 0) is 9.47 Å². The molecule has 190 valence electrons. The van der Waals surface area contributed by atoms with Crippen LogP contribution in [0.15, 0.2) is 18.2 Å². The topological polar surface area (TPSA) is 36.9 Å². The second kappa shape index (κ2) is 19.1. The summed E-state index contributed by atoms with van der Waals surface area (Å²) in [4.78, 5) is 0. The molecule has 0 spiro atoms. The molecule has 2 rings (SSSR count). The zero-order valence-corrected chi connectivity index (χ0v) is 21.6. The minimum atomic E-state index is -0.280. The summed E-state index contributed by atoms with van der Waals surface area (Å²) in [5.41, 5.74) is 1.01. The van der Waals surface area contributed by atoms with Crippen molar-refractivity contribution in [1.82, 2.24) is 0 Å². The molecule has 1 aromatic carbocycles. The number of unbranched alkanes of at least 4 members (excludes halogenated alkanes) is 14. The van der Waals surface area contributed by atoms with Gasteiger partial charge in [-0.15, -0.1) is 0 Å². The van der Waals surface area contributed by atoms with Gasteiger partial charge < -0.3 is 18.9 Å². The molecular weight excluding hydrogens is 412 g/mol. The lowest BCUT2D eigenvalue weighted by Gasteiger charge is -2.16. The number of benzene rings is 1. The van der Waals surface area contributed by atoms with Gasteiger partial charge in [-0.1, -0.05) is 110 Å². The van der Waals surface area contributed by atoms with Gasteiger partial charge in [-0.3, -0.25) is 0 Å². The minimum absolute atomic E-state index is 0.280. The van der Waals surface area contributed by atoms with Crippen molar-refractivity contribution in [2.45, 2.75) is 123 Å². The van der Waals surface area contributed by atoms with E-state index in [-0.39, 0.29) is 6.29 Å². The molecule has 0 atom stereocenters. The first-order valence-corrected chi connectivity index (χ1v) is 14.0. The highest BCUT2D eigenvalue weighted by Gasteiger charge is 2.20. The van der Waals surface area contributed by atoms with E-state index < -0.39 is 0 Å². The number of hydrogen-bond donors (Lipinski definition) is 0.